The van der Waals surface area contributed by atoms with Crippen LogP contribution in [0.1, 0.15) is 131 Å². The number of nitrogens with one attached hydrogen (secondary N) is 1. The van der Waals surface area contributed by atoms with Crippen LogP contribution < -0.4 is 5.32 Å². The number of carbonyl (C=O) groups is 1. The smallest absolute Gasteiger partial charge is 0.249 e. The first-order valence-corrected chi connectivity index (χ1v) is 16.4. The molecule has 0 aromatic carbocycles. The van der Waals surface area contributed by atoms with Crippen LogP contribution in [0.5, 0.6) is 0 Å². The topological polar surface area (TPSA) is 69.6 Å². The maximum atomic E-state index is 12.4. The van der Waals surface area contributed by atoms with Gasteiger partial charge in [0.25, 0.3) is 0 Å². The second-order valence-corrected chi connectivity index (χ2v) is 14.6. The first-order chi connectivity index (χ1) is 18.1. The number of carbonyl (C=O) groups excluding carboxylic acids is 1. The van der Waals surface area contributed by atoms with Crippen molar-refractivity contribution in [2.75, 3.05) is 6.54 Å². The monoisotopic (exact) mass is 529 g/mol. The van der Waals surface area contributed by atoms with Gasteiger partial charge in [0.2, 0.25) is 5.91 Å². The Balaban J connectivity index is 1.26. The Labute approximate surface area is 233 Å². The number of unbranched alkanes of at least 4 members (excludes halogenated alkanes) is 3. The van der Waals surface area contributed by atoms with Crippen LogP contribution in [-0.4, -0.2) is 34.9 Å². The van der Waals surface area contributed by atoms with E-state index in [9.17, 15) is 15.0 Å². The van der Waals surface area contributed by atoms with Gasteiger partial charge in [-0.1, -0.05) is 78.4 Å². The molecule has 4 heteroatoms. The fourth-order valence-electron chi connectivity index (χ4n) is 9.86. The quantitative estimate of drug-likeness (QED) is 0.182. The van der Waals surface area contributed by atoms with E-state index in [1.807, 2.05) is 6.92 Å². The minimum absolute atomic E-state index is 0.0122. The zero-order valence-corrected chi connectivity index (χ0v) is 25.3. The van der Waals surface area contributed by atoms with Gasteiger partial charge in [0, 0.05) is 6.54 Å². The third-order valence-electron chi connectivity index (χ3n) is 12.3. The third-order valence-corrected chi connectivity index (χ3v) is 12.3. The van der Waals surface area contributed by atoms with Crippen molar-refractivity contribution in [2.24, 2.45) is 46.3 Å². The Morgan fingerprint density at radius 2 is 1.82 bits per heavy atom. The number of hydrogen-bond acceptors (Lipinski definition) is 3. The predicted molar refractivity (Wildman–Crippen MR) is 157 cm³/mol. The van der Waals surface area contributed by atoms with Crippen molar-refractivity contribution in [3.63, 3.8) is 0 Å². The number of fused-ring (bicyclic) bond motifs is 5. The first kappa shape index (κ1) is 30.1. The molecule has 3 fully saturated rings. The number of aliphatic hydroxyl groups is 2. The highest BCUT2D eigenvalue weighted by molar-refractivity contribution is 5.80. The van der Waals surface area contributed by atoms with E-state index in [0.29, 0.717) is 23.3 Å². The minimum atomic E-state index is -0.883. The van der Waals surface area contributed by atoms with Crippen molar-refractivity contribution in [1.82, 2.24) is 5.32 Å². The van der Waals surface area contributed by atoms with E-state index in [0.717, 1.165) is 62.2 Å². The summed E-state index contributed by atoms with van der Waals surface area (Å²) in [6.45, 7) is 12.6. The highest BCUT2D eigenvalue weighted by Gasteiger charge is 2.59. The normalized spacial score (nSPS) is 38.8. The SMILES string of the molecule is CCCCCCNC(=O)C(O)C(C)CCCC(C)[C@H]1CC[C@H]2[C@@H]3CC=C4C[C@@H](O)CC[C@]4(C)[C@H]3CC[C@]12C. The molecule has 3 saturated carbocycles. The van der Waals surface area contributed by atoms with E-state index in [1.54, 1.807) is 5.57 Å². The molecule has 4 aliphatic rings. The molecule has 4 rings (SSSR count). The van der Waals surface area contributed by atoms with Crippen molar-refractivity contribution in [3.8, 4) is 0 Å². The van der Waals surface area contributed by atoms with Gasteiger partial charge >= 0.3 is 0 Å². The molecular formula is C34H59NO3. The molecular weight excluding hydrogens is 470 g/mol. The van der Waals surface area contributed by atoms with Gasteiger partial charge in [0.15, 0.2) is 0 Å². The third kappa shape index (κ3) is 6.07. The summed E-state index contributed by atoms with van der Waals surface area (Å²) in [5.74, 6) is 3.80. The molecule has 0 radical (unpaired) electrons. The molecule has 10 atom stereocenters. The van der Waals surface area contributed by atoms with Crippen LogP contribution in [0.2, 0.25) is 0 Å². The molecule has 0 heterocycles. The average Bonchev–Trinajstić information content (AvgIpc) is 3.25. The van der Waals surface area contributed by atoms with Crippen molar-refractivity contribution in [3.05, 3.63) is 11.6 Å². The zero-order chi connectivity index (χ0) is 27.5. The second kappa shape index (κ2) is 12.8. The van der Waals surface area contributed by atoms with Gasteiger partial charge in [-0.2, -0.15) is 0 Å². The summed E-state index contributed by atoms with van der Waals surface area (Å²) >= 11 is 0. The Kier molecular flexibility index (Phi) is 10.1. The Morgan fingerprint density at radius 3 is 2.58 bits per heavy atom. The lowest BCUT2D eigenvalue weighted by atomic mass is 9.47. The lowest BCUT2D eigenvalue weighted by molar-refractivity contribution is -0.131. The van der Waals surface area contributed by atoms with E-state index in [1.165, 1.54) is 57.8 Å². The molecule has 3 N–H and O–H groups in total. The largest absolute Gasteiger partial charge is 0.393 e. The van der Waals surface area contributed by atoms with Crippen molar-refractivity contribution < 1.29 is 15.0 Å². The van der Waals surface area contributed by atoms with Crippen molar-refractivity contribution in [2.45, 2.75) is 143 Å². The van der Waals surface area contributed by atoms with E-state index >= 15 is 0 Å². The zero-order valence-electron chi connectivity index (χ0n) is 25.3. The number of allylic oxidation sites excluding steroid dienone is 1. The molecule has 0 saturated heterocycles. The summed E-state index contributed by atoms with van der Waals surface area (Å²) in [5, 5.41) is 23.8. The maximum Gasteiger partial charge on any atom is 0.249 e. The number of hydrogen-bond donors (Lipinski definition) is 3. The number of amides is 1. The molecule has 0 aromatic rings. The number of aliphatic hydroxyl groups excluding tert-OH is 2. The molecule has 0 spiro atoms. The highest BCUT2D eigenvalue weighted by atomic mass is 16.3. The summed E-state index contributed by atoms with van der Waals surface area (Å²) in [6.07, 6.45) is 19.1. The number of rotatable bonds is 12. The molecule has 0 aromatic heterocycles. The fourth-order valence-corrected chi connectivity index (χ4v) is 9.86. The molecule has 218 valence electrons. The van der Waals surface area contributed by atoms with Crippen LogP contribution in [0.15, 0.2) is 11.6 Å². The maximum absolute atomic E-state index is 12.4. The summed E-state index contributed by atoms with van der Waals surface area (Å²) < 4.78 is 0. The van der Waals surface area contributed by atoms with Crippen molar-refractivity contribution in [1.29, 1.82) is 0 Å². The van der Waals surface area contributed by atoms with Crippen LogP contribution >= 0.6 is 0 Å². The van der Waals surface area contributed by atoms with Gasteiger partial charge in [-0.15, -0.1) is 0 Å². The standard InChI is InChI=1S/C34H59NO3/c1-6-7-8-9-21-35-32(38)31(37)24(3)12-10-11-23(2)28-15-16-29-27-14-13-25-22-26(36)17-19-33(25,4)30(27)18-20-34(28,29)5/h13,23-24,26-31,36-37H,6-12,14-22H2,1-5H3,(H,35,38)/t23?,24?,26-,27-,28+,29-,30-,31?,33-,34+/m0/s1. The van der Waals surface area contributed by atoms with E-state index in [-0.39, 0.29) is 17.9 Å². The Morgan fingerprint density at radius 1 is 1.03 bits per heavy atom. The summed E-state index contributed by atoms with van der Waals surface area (Å²) in [6, 6.07) is 0. The molecule has 0 bridgehead atoms. The van der Waals surface area contributed by atoms with E-state index < -0.39 is 6.10 Å². The van der Waals surface area contributed by atoms with Gasteiger partial charge in [0.05, 0.1) is 6.10 Å². The lowest BCUT2D eigenvalue weighted by Gasteiger charge is -2.58. The molecule has 0 aliphatic heterocycles. The first-order valence-electron chi connectivity index (χ1n) is 16.4. The van der Waals surface area contributed by atoms with Crippen LogP contribution in [-0.2, 0) is 4.79 Å². The van der Waals surface area contributed by atoms with Gasteiger partial charge in [-0.05, 0) is 111 Å². The van der Waals surface area contributed by atoms with Gasteiger partial charge in [-0.3, -0.25) is 4.79 Å². The molecule has 38 heavy (non-hydrogen) atoms. The molecule has 4 nitrogen and oxygen atoms in total. The van der Waals surface area contributed by atoms with Crippen LogP contribution in [0.4, 0.5) is 0 Å². The molecule has 4 aliphatic carbocycles. The van der Waals surface area contributed by atoms with Crippen molar-refractivity contribution >= 4 is 5.91 Å². The second-order valence-electron chi connectivity index (χ2n) is 14.6. The predicted octanol–water partition coefficient (Wildman–Crippen LogP) is 7.43. The average molecular weight is 530 g/mol. The van der Waals surface area contributed by atoms with E-state index in [2.05, 4.69) is 39.1 Å². The Hall–Kier alpha value is -0.870. The minimum Gasteiger partial charge on any atom is -0.393 e. The van der Waals surface area contributed by atoms with Gasteiger partial charge < -0.3 is 15.5 Å². The highest BCUT2D eigenvalue weighted by Crippen LogP contribution is 2.67. The molecule has 1 amide bonds. The molecule has 3 unspecified atom stereocenters. The van der Waals surface area contributed by atoms with Gasteiger partial charge in [-0.25, -0.2) is 0 Å². The Bertz CT molecular complexity index is 825. The van der Waals surface area contributed by atoms with Crippen LogP contribution in [0, 0.1) is 46.3 Å². The summed E-state index contributed by atoms with van der Waals surface area (Å²) in [4.78, 5) is 12.4. The fraction of sp³-hybridized carbons (Fsp3) is 0.912. The summed E-state index contributed by atoms with van der Waals surface area (Å²) in [5.41, 5.74) is 2.36. The van der Waals surface area contributed by atoms with Crippen LogP contribution in [0.3, 0.4) is 0 Å². The van der Waals surface area contributed by atoms with Crippen LogP contribution in [0.25, 0.3) is 0 Å². The lowest BCUT2D eigenvalue weighted by Crippen LogP contribution is -2.50. The summed E-state index contributed by atoms with van der Waals surface area (Å²) in [7, 11) is 0. The van der Waals surface area contributed by atoms with E-state index in [4.69, 9.17) is 0 Å². The van der Waals surface area contributed by atoms with Gasteiger partial charge in [0.1, 0.15) is 6.10 Å².